The summed E-state index contributed by atoms with van der Waals surface area (Å²) < 4.78 is 10.5. The van der Waals surface area contributed by atoms with E-state index in [1.807, 2.05) is 0 Å². The number of halogens is 2. The van der Waals surface area contributed by atoms with Gasteiger partial charge in [0.25, 0.3) is 0 Å². The summed E-state index contributed by atoms with van der Waals surface area (Å²) in [5, 5.41) is 1.59. The molecule has 0 aliphatic carbocycles. The fourth-order valence-electron chi connectivity index (χ4n) is 2.27. The fourth-order valence-corrected chi connectivity index (χ4v) is 2.94. The summed E-state index contributed by atoms with van der Waals surface area (Å²) in [4.78, 5) is 32.1. The Morgan fingerprint density at radius 3 is 2.77 bits per heavy atom. The quantitative estimate of drug-likeness (QED) is 0.274. The average Bonchev–Trinajstić information content (AvgIpc) is 2.61. The van der Waals surface area contributed by atoms with Crippen LogP contribution in [0, 0.1) is 6.92 Å². The predicted molar refractivity (Wildman–Crippen MR) is 100 cm³/mol. The van der Waals surface area contributed by atoms with Gasteiger partial charge in [-0.25, -0.2) is 19.6 Å². The van der Waals surface area contributed by atoms with Crippen LogP contribution in [0.1, 0.15) is 21.6 Å². The summed E-state index contributed by atoms with van der Waals surface area (Å²) in [5.41, 5.74) is 1.04. The van der Waals surface area contributed by atoms with Crippen molar-refractivity contribution in [2.24, 2.45) is 0 Å². The number of carbonyl (C=O) groups excluding carboxylic acids is 1. The molecule has 0 radical (unpaired) electrons. The summed E-state index contributed by atoms with van der Waals surface area (Å²) in [6, 6.07) is 4.59. The zero-order chi connectivity index (χ0) is 18.8. The van der Waals surface area contributed by atoms with Crippen LogP contribution < -0.4 is 5.63 Å². The van der Waals surface area contributed by atoms with Gasteiger partial charge in [0.15, 0.2) is 10.9 Å². The number of fused-ring (bicyclic) bond motifs is 1. The molecule has 0 saturated heterocycles. The van der Waals surface area contributed by atoms with E-state index >= 15 is 0 Å². The minimum atomic E-state index is -0.715. The van der Waals surface area contributed by atoms with Crippen molar-refractivity contribution in [3.63, 3.8) is 0 Å². The maximum absolute atomic E-state index is 12.3. The number of aromatic nitrogens is 2. The molecule has 0 amide bonds. The van der Waals surface area contributed by atoms with Crippen molar-refractivity contribution in [3.8, 4) is 0 Å². The number of hydrogen-bond acceptors (Lipinski definition) is 7. The van der Waals surface area contributed by atoms with Crippen molar-refractivity contribution in [3.05, 3.63) is 61.7 Å². The average molecular weight is 411 g/mol. The highest BCUT2D eigenvalue weighted by molar-refractivity contribution is 7.98. The molecule has 0 bridgehead atoms. The van der Waals surface area contributed by atoms with Gasteiger partial charge >= 0.3 is 11.6 Å². The Balaban J connectivity index is 1.91. The molecule has 1 aromatic carbocycles. The molecule has 2 aromatic heterocycles. The second kappa shape index (κ2) is 7.65. The maximum Gasteiger partial charge on any atom is 0.358 e. The number of nitrogens with zero attached hydrogens (tertiary/aromatic N) is 2. The van der Waals surface area contributed by atoms with Gasteiger partial charge in [0.05, 0.1) is 11.2 Å². The molecule has 0 atom stereocenters. The topological polar surface area (TPSA) is 82.3 Å². The highest BCUT2D eigenvalue weighted by Gasteiger charge is 2.17. The Morgan fingerprint density at radius 2 is 2.04 bits per heavy atom. The SMILES string of the molecule is CSc1ncc(Cl)c(C(=O)OCc2cc(=O)oc3cc(C)c(Cl)cc23)n1. The van der Waals surface area contributed by atoms with E-state index in [0.29, 0.717) is 26.7 Å². The van der Waals surface area contributed by atoms with Gasteiger partial charge in [-0.3, -0.25) is 0 Å². The van der Waals surface area contributed by atoms with E-state index in [-0.39, 0.29) is 17.3 Å². The number of aryl methyl sites for hydroxylation is 1. The van der Waals surface area contributed by atoms with Gasteiger partial charge in [-0.1, -0.05) is 35.0 Å². The molecular formula is C17H12Cl2N2O4S. The smallest absolute Gasteiger partial charge is 0.358 e. The highest BCUT2D eigenvalue weighted by atomic mass is 35.5. The number of benzene rings is 1. The van der Waals surface area contributed by atoms with Crippen molar-refractivity contribution < 1.29 is 13.9 Å². The molecule has 6 nitrogen and oxygen atoms in total. The molecule has 2 heterocycles. The second-order valence-corrected chi connectivity index (χ2v) is 6.91. The Hall–Kier alpha value is -2.09. The minimum absolute atomic E-state index is 0.0350. The third-order valence-electron chi connectivity index (χ3n) is 3.57. The lowest BCUT2D eigenvalue weighted by molar-refractivity contribution is 0.0466. The molecule has 26 heavy (non-hydrogen) atoms. The van der Waals surface area contributed by atoms with Gasteiger partial charge in [0, 0.05) is 22.0 Å². The first-order chi connectivity index (χ1) is 12.4. The first kappa shape index (κ1) is 18.7. The third kappa shape index (κ3) is 3.85. The number of esters is 1. The van der Waals surface area contributed by atoms with Gasteiger partial charge in [0.1, 0.15) is 12.2 Å². The molecule has 0 N–H and O–H groups in total. The number of thioether (sulfide) groups is 1. The van der Waals surface area contributed by atoms with E-state index in [4.69, 9.17) is 32.4 Å². The maximum atomic E-state index is 12.3. The first-order valence-electron chi connectivity index (χ1n) is 7.35. The zero-order valence-corrected chi connectivity index (χ0v) is 16.0. The standard InChI is InChI=1S/C17H12Cl2N2O4S/c1-8-3-13-10(5-11(8)18)9(4-14(22)25-13)7-24-16(23)15-12(19)6-20-17(21-15)26-2/h3-6H,7H2,1-2H3. The molecule has 134 valence electrons. The van der Waals surface area contributed by atoms with Crippen LogP contribution in [0.15, 0.2) is 38.8 Å². The van der Waals surface area contributed by atoms with E-state index in [1.165, 1.54) is 24.0 Å². The second-order valence-electron chi connectivity index (χ2n) is 5.32. The van der Waals surface area contributed by atoms with Gasteiger partial charge in [0.2, 0.25) is 0 Å². The molecular weight excluding hydrogens is 399 g/mol. The monoisotopic (exact) mass is 410 g/mol. The molecule has 3 rings (SSSR count). The van der Waals surface area contributed by atoms with Crippen molar-refractivity contribution in [2.75, 3.05) is 6.26 Å². The third-order valence-corrected chi connectivity index (χ3v) is 4.81. The largest absolute Gasteiger partial charge is 0.456 e. The van der Waals surface area contributed by atoms with Gasteiger partial charge < -0.3 is 9.15 Å². The molecule has 0 unspecified atom stereocenters. The van der Waals surface area contributed by atoms with Crippen molar-refractivity contribution in [1.82, 2.24) is 9.97 Å². The molecule has 9 heteroatoms. The Morgan fingerprint density at radius 1 is 1.27 bits per heavy atom. The molecule has 0 aliphatic heterocycles. The summed E-state index contributed by atoms with van der Waals surface area (Å²) in [7, 11) is 0. The van der Waals surface area contributed by atoms with Crippen molar-refractivity contribution >= 4 is 51.9 Å². The van der Waals surface area contributed by atoms with Crippen LogP contribution >= 0.6 is 35.0 Å². The Kier molecular flexibility index (Phi) is 5.50. The first-order valence-corrected chi connectivity index (χ1v) is 9.33. The summed E-state index contributed by atoms with van der Waals surface area (Å²) >= 11 is 13.4. The van der Waals surface area contributed by atoms with E-state index < -0.39 is 11.6 Å². The lowest BCUT2D eigenvalue weighted by atomic mass is 10.1. The van der Waals surface area contributed by atoms with E-state index in [9.17, 15) is 9.59 Å². The van der Waals surface area contributed by atoms with Crippen LogP contribution in [-0.4, -0.2) is 22.2 Å². The van der Waals surface area contributed by atoms with Gasteiger partial charge in [-0.05, 0) is 30.9 Å². The Labute approximate surface area is 162 Å². The van der Waals surface area contributed by atoms with Crippen LogP contribution in [0.2, 0.25) is 10.0 Å². The Bertz CT molecular complexity index is 1070. The summed E-state index contributed by atoms with van der Waals surface area (Å²) in [5.74, 6) is -0.715. The van der Waals surface area contributed by atoms with Crippen LogP contribution in [0.5, 0.6) is 0 Å². The number of hydrogen-bond donors (Lipinski definition) is 0. The normalized spacial score (nSPS) is 10.9. The molecule has 0 spiro atoms. The summed E-state index contributed by atoms with van der Waals surface area (Å²) in [6.45, 7) is 1.64. The predicted octanol–water partition coefficient (Wildman–Crippen LogP) is 4.28. The minimum Gasteiger partial charge on any atom is -0.456 e. The van der Waals surface area contributed by atoms with Crippen LogP contribution in [0.3, 0.4) is 0 Å². The fraction of sp³-hybridized carbons (Fsp3) is 0.176. The van der Waals surface area contributed by atoms with Crippen LogP contribution in [0.25, 0.3) is 11.0 Å². The van der Waals surface area contributed by atoms with E-state index in [2.05, 4.69) is 9.97 Å². The highest BCUT2D eigenvalue weighted by Crippen LogP contribution is 2.26. The number of rotatable bonds is 4. The van der Waals surface area contributed by atoms with Crippen LogP contribution in [-0.2, 0) is 11.3 Å². The number of ether oxygens (including phenoxy) is 1. The van der Waals surface area contributed by atoms with Gasteiger partial charge in [-0.15, -0.1) is 0 Å². The van der Waals surface area contributed by atoms with Gasteiger partial charge in [-0.2, -0.15) is 0 Å². The molecule has 0 fully saturated rings. The zero-order valence-electron chi connectivity index (χ0n) is 13.7. The molecule has 3 aromatic rings. The number of carbonyl (C=O) groups is 1. The van der Waals surface area contributed by atoms with Crippen molar-refractivity contribution in [1.29, 1.82) is 0 Å². The van der Waals surface area contributed by atoms with E-state index in [1.54, 1.807) is 25.3 Å². The summed E-state index contributed by atoms with van der Waals surface area (Å²) in [6.07, 6.45) is 3.12. The molecule has 0 aliphatic rings. The molecule has 0 saturated carbocycles. The van der Waals surface area contributed by atoms with E-state index in [0.717, 1.165) is 5.56 Å². The lowest BCUT2D eigenvalue weighted by Gasteiger charge is -2.09. The lowest BCUT2D eigenvalue weighted by Crippen LogP contribution is -2.11. The van der Waals surface area contributed by atoms with Crippen molar-refractivity contribution in [2.45, 2.75) is 18.7 Å². The van der Waals surface area contributed by atoms with Crippen LogP contribution in [0.4, 0.5) is 0 Å².